The van der Waals surface area contributed by atoms with Crippen molar-refractivity contribution in [2.24, 2.45) is 0 Å². The molecule has 212 valence electrons. The van der Waals surface area contributed by atoms with Gasteiger partial charge in [0.15, 0.2) is 0 Å². The zero-order chi connectivity index (χ0) is 29.1. The molecule has 0 bridgehead atoms. The van der Waals surface area contributed by atoms with Gasteiger partial charge in [-0.3, -0.25) is 14.0 Å². The maximum Gasteiger partial charge on any atom is 0.416 e. The van der Waals surface area contributed by atoms with Crippen molar-refractivity contribution in [2.45, 2.75) is 43.8 Å². The van der Waals surface area contributed by atoms with E-state index in [-0.39, 0.29) is 40.0 Å². The minimum Gasteiger partial charge on any atom is -0.382 e. The molecule has 14 heteroatoms. The lowest BCUT2D eigenvalue weighted by Crippen LogP contribution is -2.41. The number of halogens is 5. The number of anilines is 2. The summed E-state index contributed by atoms with van der Waals surface area (Å²) in [5, 5.41) is 2.14. The van der Waals surface area contributed by atoms with E-state index in [1.165, 1.54) is 6.20 Å². The lowest BCUT2D eigenvalue weighted by atomic mass is 9.92. The summed E-state index contributed by atoms with van der Waals surface area (Å²) in [6, 6.07) is 3.71. The summed E-state index contributed by atoms with van der Waals surface area (Å²) in [5.41, 5.74) is 5.48. The number of hydrogen-bond acceptors (Lipinski definition) is 6. The summed E-state index contributed by atoms with van der Waals surface area (Å²) in [5.74, 6) is -1.67. The number of fused-ring (bicyclic) bond motifs is 2. The summed E-state index contributed by atoms with van der Waals surface area (Å²) in [6.07, 6.45) is 2.43. The average Bonchev–Trinajstić information content (AvgIpc) is 3.50. The largest absolute Gasteiger partial charge is 0.416 e. The Hall–Kier alpha value is -4.26. The molecule has 1 aromatic carbocycles. The molecule has 0 aliphatic carbocycles. The summed E-state index contributed by atoms with van der Waals surface area (Å²) in [6.45, 7) is 0.495. The number of alkyl halides is 3. The van der Waals surface area contributed by atoms with Crippen molar-refractivity contribution in [1.29, 1.82) is 0 Å². The Kier molecular flexibility index (Phi) is 6.56. The van der Waals surface area contributed by atoms with Gasteiger partial charge >= 0.3 is 6.18 Å². The topological polar surface area (TPSA) is 119 Å². The van der Waals surface area contributed by atoms with E-state index < -0.39 is 34.8 Å². The van der Waals surface area contributed by atoms with Crippen molar-refractivity contribution in [3.8, 4) is 11.3 Å². The third-order valence-electron chi connectivity index (χ3n) is 7.58. The number of imidazole rings is 1. The van der Waals surface area contributed by atoms with Gasteiger partial charge in [-0.25, -0.2) is 19.3 Å². The second kappa shape index (κ2) is 9.98. The molecule has 41 heavy (non-hydrogen) atoms. The van der Waals surface area contributed by atoms with E-state index in [2.05, 4.69) is 15.3 Å². The van der Waals surface area contributed by atoms with Crippen molar-refractivity contribution >= 4 is 40.6 Å². The zero-order valence-electron chi connectivity index (χ0n) is 21.3. The molecule has 2 aliphatic heterocycles. The molecule has 0 spiro atoms. The average molecular weight is 588 g/mol. The molecule has 0 radical (unpaired) electrons. The predicted octanol–water partition coefficient (Wildman–Crippen LogP) is 5.31. The van der Waals surface area contributed by atoms with Crippen LogP contribution in [0.25, 0.3) is 16.8 Å². The molecule has 2 aliphatic rings. The number of amides is 2. The first kappa shape index (κ1) is 26.9. The van der Waals surface area contributed by atoms with E-state index in [1.54, 1.807) is 10.6 Å². The second-order valence-corrected chi connectivity index (χ2v) is 10.5. The lowest BCUT2D eigenvalue weighted by Gasteiger charge is -2.34. The molecule has 9 nitrogen and oxygen atoms in total. The number of piperidine rings is 1. The minimum absolute atomic E-state index is 0.0400. The van der Waals surface area contributed by atoms with Crippen LogP contribution in [-0.4, -0.2) is 48.7 Å². The summed E-state index contributed by atoms with van der Waals surface area (Å²) >= 11 is 6.53. The van der Waals surface area contributed by atoms with Crippen molar-refractivity contribution in [2.75, 3.05) is 17.6 Å². The lowest BCUT2D eigenvalue weighted by molar-refractivity contribution is -0.137. The van der Waals surface area contributed by atoms with Gasteiger partial charge in [-0.1, -0.05) is 11.6 Å². The van der Waals surface area contributed by atoms with Crippen LogP contribution in [0.4, 0.5) is 29.2 Å². The van der Waals surface area contributed by atoms with Gasteiger partial charge in [-0.05, 0) is 43.5 Å². The Balaban J connectivity index is 1.35. The summed E-state index contributed by atoms with van der Waals surface area (Å²) in [7, 11) is 0. The summed E-state index contributed by atoms with van der Waals surface area (Å²) in [4.78, 5) is 39.7. The van der Waals surface area contributed by atoms with Gasteiger partial charge in [0.2, 0.25) is 5.91 Å². The number of carbonyl (C=O) groups is 2. The molecular formula is C27H22ClF4N7O2. The first-order valence-electron chi connectivity index (χ1n) is 12.8. The third kappa shape index (κ3) is 4.83. The number of carbonyl (C=O) groups excluding carboxylic acids is 2. The number of nitrogen functional groups attached to an aromatic ring is 1. The third-order valence-corrected chi connectivity index (χ3v) is 7.89. The fraction of sp³-hybridized carbons (Fsp3) is 0.296. The molecule has 0 saturated carbocycles. The Bertz CT molecular complexity index is 1710. The first-order valence-corrected chi connectivity index (χ1v) is 13.1. The van der Waals surface area contributed by atoms with Crippen LogP contribution in [0.3, 0.4) is 0 Å². The van der Waals surface area contributed by atoms with Crippen molar-refractivity contribution in [3.63, 3.8) is 0 Å². The van der Waals surface area contributed by atoms with Crippen molar-refractivity contribution < 1.29 is 27.2 Å². The number of rotatable bonds is 4. The maximum atomic E-state index is 15.3. The molecule has 4 aromatic rings. The van der Waals surface area contributed by atoms with Crippen molar-refractivity contribution in [3.05, 3.63) is 70.6 Å². The molecule has 2 fully saturated rings. The standard InChI is InChI=1S/C27H22ClF4N7O2/c28-18-10-17(26(41)36-20-9-14(5-6-34-20)27(30,31)32)19(29)11-16(18)22-23-24(33)35-7-8-38(23)25(37-22)13-1-2-15-3-4-21(40)39(15)12-13/h5-11,13,15H,1-4,12H2,(H2,33,35)(H,34,36,41)/t13-,15+/m1/s1. The number of nitrogens with zero attached hydrogens (tertiary/aromatic N) is 5. The van der Waals surface area contributed by atoms with E-state index in [1.807, 2.05) is 4.90 Å². The molecule has 0 unspecified atom stereocenters. The highest BCUT2D eigenvalue weighted by molar-refractivity contribution is 6.34. The van der Waals surface area contributed by atoms with Crippen LogP contribution in [0.5, 0.6) is 0 Å². The van der Waals surface area contributed by atoms with Crippen LogP contribution in [-0.2, 0) is 11.0 Å². The quantitative estimate of drug-likeness (QED) is 0.313. The van der Waals surface area contributed by atoms with Crippen LogP contribution in [0, 0.1) is 5.82 Å². The molecular weight excluding hydrogens is 566 g/mol. The van der Waals surface area contributed by atoms with Gasteiger partial charge in [0, 0.05) is 49.1 Å². The predicted molar refractivity (Wildman–Crippen MR) is 142 cm³/mol. The Morgan fingerprint density at radius 2 is 1.93 bits per heavy atom. The van der Waals surface area contributed by atoms with Gasteiger partial charge in [0.05, 0.1) is 16.1 Å². The smallest absolute Gasteiger partial charge is 0.382 e. The highest BCUT2D eigenvalue weighted by atomic mass is 35.5. The van der Waals surface area contributed by atoms with Gasteiger partial charge in [0.25, 0.3) is 5.91 Å². The van der Waals surface area contributed by atoms with E-state index in [0.29, 0.717) is 30.4 Å². The van der Waals surface area contributed by atoms with Gasteiger partial charge in [-0.15, -0.1) is 0 Å². The van der Waals surface area contributed by atoms with Crippen LogP contribution in [0.2, 0.25) is 5.02 Å². The molecule has 2 saturated heterocycles. The molecule has 2 amide bonds. The Morgan fingerprint density at radius 3 is 2.71 bits per heavy atom. The van der Waals surface area contributed by atoms with Gasteiger partial charge in [0.1, 0.15) is 34.5 Å². The molecule has 5 heterocycles. The van der Waals surface area contributed by atoms with Gasteiger partial charge in [-0.2, -0.15) is 13.2 Å². The zero-order valence-corrected chi connectivity index (χ0v) is 22.0. The van der Waals surface area contributed by atoms with Crippen LogP contribution >= 0.6 is 11.6 Å². The van der Waals surface area contributed by atoms with E-state index in [0.717, 1.165) is 43.7 Å². The number of hydrogen-bond donors (Lipinski definition) is 2. The first-order chi connectivity index (χ1) is 19.5. The molecule has 3 aromatic heterocycles. The number of nitrogens with one attached hydrogen (secondary N) is 1. The van der Waals surface area contributed by atoms with Crippen LogP contribution in [0.15, 0.2) is 42.9 Å². The fourth-order valence-corrected chi connectivity index (χ4v) is 5.85. The summed E-state index contributed by atoms with van der Waals surface area (Å²) < 4.78 is 56.2. The Morgan fingerprint density at radius 1 is 1.12 bits per heavy atom. The van der Waals surface area contributed by atoms with E-state index in [9.17, 15) is 22.8 Å². The number of benzene rings is 1. The molecule has 3 N–H and O–H groups in total. The fourth-order valence-electron chi connectivity index (χ4n) is 5.60. The van der Waals surface area contributed by atoms with E-state index in [4.69, 9.17) is 22.3 Å². The highest BCUT2D eigenvalue weighted by Crippen LogP contribution is 2.40. The minimum atomic E-state index is -4.65. The van der Waals surface area contributed by atoms with Crippen molar-refractivity contribution in [1.82, 2.24) is 24.3 Å². The number of nitrogens with two attached hydrogens (primary N) is 1. The molecule has 2 atom stereocenters. The monoisotopic (exact) mass is 587 g/mol. The number of aromatic nitrogens is 4. The molecule has 6 rings (SSSR count). The Labute approximate surface area is 235 Å². The van der Waals surface area contributed by atoms with Crippen LogP contribution in [0.1, 0.15) is 53.3 Å². The highest BCUT2D eigenvalue weighted by Gasteiger charge is 2.38. The second-order valence-electron chi connectivity index (χ2n) is 10.1. The van der Waals surface area contributed by atoms with E-state index >= 15 is 4.39 Å². The SMILES string of the molecule is Nc1nccn2c([C@@H]3CC[C@H]4CCC(=O)N4C3)nc(-c3cc(F)c(C(=O)Nc4cc(C(F)(F)F)ccn4)cc3Cl)c12. The maximum absolute atomic E-state index is 15.3. The van der Waals surface area contributed by atoms with Gasteiger partial charge < -0.3 is 16.0 Å². The number of pyridine rings is 1. The van der Waals surface area contributed by atoms with Crippen LogP contribution < -0.4 is 11.1 Å². The normalized spacial score (nSPS) is 19.0.